The lowest BCUT2D eigenvalue weighted by Crippen LogP contribution is -1.75. The van der Waals surface area contributed by atoms with Gasteiger partial charge < -0.3 is 9.79 Å². The average molecular weight is 191 g/mol. The molecule has 0 bridgehead atoms. The molecule has 1 unspecified atom stereocenters. The molecule has 0 amide bonds. The summed E-state index contributed by atoms with van der Waals surface area (Å²) in [5.41, 5.74) is 0. The van der Waals surface area contributed by atoms with E-state index < -0.39 is 16.1 Å². The number of hydrogen-bond donors (Lipinski definition) is 3. The van der Waals surface area contributed by atoms with Crippen LogP contribution in [0.1, 0.15) is 13.8 Å². The summed E-state index contributed by atoms with van der Waals surface area (Å²) in [7, 11) is -7.96. The highest BCUT2D eigenvalue weighted by Gasteiger charge is 2.29. The maximum atomic E-state index is 9.57. The number of rotatable bonds is 2. The monoisotopic (exact) mass is 191 g/mol. The first-order chi connectivity index (χ1) is 4.42. The average Bonchev–Trinajstić information content (AvgIpc) is 1.64. The zero-order valence-corrected chi connectivity index (χ0v) is 7.25. The smallest absolute Gasteiger partial charge is 0.300 e. The number of hydrogen-bond acceptors (Lipinski definition) is 3. The van der Waals surface area contributed by atoms with E-state index in [1.807, 2.05) is 13.8 Å². The summed E-state index contributed by atoms with van der Waals surface area (Å²) in [4.78, 5) is 23.1. The minimum Gasteiger partial charge on any atom is -0.300 e. The van der Waals surface area contributed by atoms with Gasteiger partial charge in [-0.05, 0) is 4.31 Å². The lowest BCUT2D eigenvalue weighted by Gasteiger charge is -1.86. The van der Waals surface area contributed by atoms with E-state index in [1.165, 1.54) is 0 Å². The molecule has 62 valence electrons. The van der Waals surface area contributed by atoms with Gasteiger partial charge in [0.05, 0.1) is 0 Å². The van der Waals surface area contributed by atoms with Crippen LogP contribution in [0.5, 0.6) is 0 Å². The van der Waals surface area contributed by atoms with Crippen LogP contribution in [0.2, 0.25) is 0 Å². The second-order valence-electron chi connectivity index (χ2n) is 0.810. The van der Waals surface area contributed by atoms with Crippen molar-refractivity contribution < 1.29 is 28.1 Å². The summed E-state index contributed by atoms with van der Waals surface area (Å²) in [5, 5.41) is 0. The van der Waals surface area contributed by atoms with Crippen molar-refractivity contribution in [1.29, 1.82) is 0 Å². The van der Waals surface area contributed by atoms with E-state index in [9.17, 15) is 9.13 Å². The van der Waals surface area contributed by atoms with Crippen molar-refractivity contribution in [3.8, 4) is 0 Å². The topological polar surface area (TPSA) is 104 Å². The fourth-order valence-corrected chi connectivity index (χ4v) is 0.819. The van der Waals surface area contributed by atoms with E-state index in [2.05, 4.69) is 4.31 Å². The quantitative estimate of drug-likeness (QED) is 0.557. The molecule has 0 aromatic heterocycles. The molecule has 0 heterocycles. The van der Waals surface area contributed by atoms with Crippen LogP contribution in [0.3, 0.4) is 0 Å². The van der Waals surface area contributed by atoms with Crippen molar-refractivity contribution in [2.24, 2.45) is 0 Å². The van der Waals surface area contributed by atoms with Gasteiger partial charge in [-0.2, -0.15) is 0 Å². The fraction of sp³-hybridized carbons (Fsp3) is 1.00. The zero-order chi connectivity index (χ0) is 8.78. The highest BCUT2D eigenvalue weighted by molar-refractivity contribution is 7.54. The molecule has 10 heavy (non-hydrogen) atoms. The van der Waals surface area contributed by atoms with Gasteiger partial charge in [0, 0.05) is 4.57 Å². The Morgan fingerprint density at radius 2 is 1.70 bits per heavy atom. The van der Waals surface area contributed by atoms with Crippen LogP contribution in [0, 0.1) is 0 Å². The molecular weight excluding hydrogens is 182 g/mol. The Labute approximate surface area is 59.0 Å². The van der Waals surface area contributed by atoms with Gasteiger partial charge in [-0.25, -0.2) is 4.57 Å². The highest BCUT2D eigenvalue weighted by Crippen LogP contribution is 2.45. The largest absolute Gasteiger partial charge is 0.705 e. The van der Waals surface area contributed by atoms with E-state index in [1.54, 1.807) is 0 Å². The third kappa shape index (κ3) is 15.7. The summed E-state index contributed by atoms with van der Waals surface area (Å²) < 4.78 is 22.2. The molecule has 0 aliphatic rings. The summed E-state index contributed by atoms with van der Waals surface area (Å²) in [6.07, 6.45) is 0. The van der Waals surface area contributed by atoms with Crippen molar-refractivity contribution in [2.75, 3.05) is 0 Å². The Morgan fingerprint density at radius 3 is 1.70 bits per heavy atom. The van der Waals surface area contributed by atoms with Gasteiger partial charge in [-0.15, -0.1) is 4.89 Å². The maximum Gasteiger partial charge on any atom is 0.705 e. The fourth-order valence-electron chi connectivity index (χ4n) is 0.0910. The summed E-state index contributed by atoms with van der Waals surface area (Å²) >= 11 is 0. The maximum absolute atomic E-state index is 9.57. The molecular formula is C2H9O6P2+. The van der Waals surface area contributed by atoms with Gasteiger partial charge in [-0.3, -0.25) is 0 Å². The summed E-state index contributed by atoms with van der Waals surface area (Å²) in [6, 6.07) is 0. The lowest BCUT2D eigenvalue weighted by molar-refractivity contribution is 0.273. The Morgan fingerprint density at radius 1 is 1.40 bits per heavy atom. The van der Waals surface area contributed by atoms with E-state index in [-0.39, 0.29) is 0 Å². The minimum absolute atomic E-state index is 2.00. The Bertz CT molecular complexity index is 137. The Kier molecular flexibility index (Phi) is 7.58. The van der Waals surface area contributed by atoms with Crippen molar-refractivity contribution in [3.05, 3.63) is 0 Å². The molecule has 0 aliphatic carbocycles. The molecule has 6 nitrogen and oxygen atoms in total. The Hall–Kier alpha value is 0.170. The van der Waals surface area contributed by atoms with Crippen molar-refractivity contribution in [3.63, 3.8) is 0 Å². The molecule has 0 spiro atoms. The predicted molar refractivity (Wildman–Crippen MR) is 34.3 cm³/mol. The van der Waals surface area contributed by atoms with E-state index in [0.717, 1.165) is 0 Å². The van der Waals surface area contributed by atoms with Crippen LogP contribution in [0.15, 0.2) is 0 Å². The van der Waals surface area contributed by atoms with Crippen molar-refractivity contribution in [1.82, 2.24) is 0 Å². The molecule has 1 atom stereocenters. The van der Waals surface area contributed by atoms with Gasteiger partial charge in [0.25, 0.3) is 0 Å². The van der Waals surface area contributed by atoms with E-state index in [4.69, 9.17) is 14.7 Å². The second kappa shape index (κ2) is 5.92. The molecule has 0 aromatic carbocycles. The normalized spacial score (nSPS) is 11.5. The van der Waals surface area contributed by atoms with Gasteiger partial charge in [-0.1, -0.05) is 13.8 Å². The van der Waals surface area contributed by atoms with E-state index >= 15 is 0 Å². The van der Waals surface area contributed by atoms with Crippen LogP contribution in [0.25, 0.3) is 0 Å². The lowest BCUT2D eigenvalue weighted by atomic mass is 11.0. The minimum atomic E-state index is -4.76. The standard InChI is InChI=1S/C2H6.H2O6P2/c1-2;1-7(2)6-8(3,4)5/h1-2H3;(H2-,1,2,3,4,5)/p+1. The second-order valence-corrected chi connectivity index (χ2v) is 2.92. The van der Waals surface area contributed by atoms with Gasteiger partial charge >= 0.3 is 16.1 Å². The predicted octanol–water partition coefficient (Wildman–Crippen LogP) is 0.772. The molecule has 3 N–H and O–H groups in total. The van der Waals surface area contributed by atoms with Crippen LogP contribution in [-0.2, 0) is 13.4 Å². The Balaban J connectivity index is 0. The third-order valence-corrected chi connectivity index (χ3v) is 1.59. The van der Waals surface area contributed by atoms with Crippen LogP contribution in [0.4, 0.5) is 0 Å². The zero-order valence-electron chi connectivity index (χ0n) is 5.46. The summed E-state index contributed by atoms with van der Waals surface area (Å²) in [5.74, 6) is 0. The van der Waals surface area contributed by atoms with Crippen molar-refractivity contribution in [2.45, 2.75) is 13.8 Å². The van der Waals surface area contributed by atoms with E-state index in [0.29, 0.717) is 0 Å². The van der Waals surface area contributed by atoms with Crippen LogP contribution >= 0.6 is 16.1 Å². The molecule has 0 saturated heterocycles. The molecule has 0 saturated carbocycles. The first kappa shape index (κ1) is 12.8. The van der Waals surface area contributed by atoms with Crippen LogP contribution < -0.4 is 0 Å². The molecule has 0 radical (unpaired) electrons. The first-order valence-electron chi connectivity index (χ1n) is 2.33. The SMILES string of the molecule is CC.O=[P+](O)OP(=O)(O)O. The highest BCUT2D eigenvalue weighted by atomic mass is 31.2. The molecule has 0 rings (SSSR count). The molecule has 0 aliphatic heterocycles. The molecule has 8 heteroatoms. The van der Waals surface area contributed by atoms with Gasteiger partial charge in [0.1, 0.15) is 0 Å². The molecule has 0 aromatic rings. The number of phosphoric acid groups is 1. The third-order valence-electron chi connectivity index (χ3n) is 0.176. The van der Waals surface area contributed by atoms with Crippen molar-refractivity contribution >= 4 is 16.1 Å². The first-order valence-corrected chi connectivity index (χ1v) is 4.99. The van der Waals surface area contributed by atoms with Gasteiger partial charge in [0.2, 0.25) is 0 Å². The summed E-state index contributed by atoms with van der Waals surface area (Å²) in [6.45, 7) is 4.00. The van der Waals surface area contributed by atoms with Gasteiger partial charge in [0.15, 0.2) is 0 Å². The van der Waals surface area contributed by atoms with Crippen LogP contribution in [-0.4, -0.2) is 14.7 Å². The molecule has 0 fully saturated rings.